The summed E-state index contributed by atoms with van der Waals surface area (Å²) in [4.78, 5) is 10.5. The third-order valence-corrected chi connectivity index (χ3v) is 2.97. The predicted octanol–water partition coefficient (Wildman–Crippen LogP) is 2.66. The topological polar surface area (TPSA) is 81.8 Å². The van der Waals surface area contributed by atoms with E-state index in [0.717, 1.165) is 0 Å². The van der Waals surface area contributed by atoms with Crippen LogP contribution in [-0.4, -0.2) is 23.9 Å². The molecule has 0 aliphatic rings. The number of rotatable bonds is 6. The highest BCUT2D eigenvalue weighted by molar-refractivity contribution is 5.45. The molecule has 1 atom stereocenters. The Morgan fingerprint density at radius 3 is 2.48 bits per heavy atom. The van der Waals surface area contributed by atoms with E-state index in [-0.39, 0.29) is 18.0 Å². The number of hydrogen-bond donors (Lipinski definition) is 1. The Hall–Kier alpha value is -2.44. The van der Waals surface area contributed by atoms with Gasteiger partial charge in [0.1, 0.15) is 11.9 Å². The summed E-state index contributed by atoms with van der Waals surface area (Å²) >= 11 is 0. The first-order valence-electron chi connectivity index (χ1n) is 6.26. The summed E-state index contributed by atoms with van der Waals surface area (Å²) in [5.41, 5.74) is 0.701. The minimum Gasteiger partial charge on any atom is -0.468 e. The molecule has 2 aromatic carbocycles. The van der Waals surface area contributed by atoms with Gasteiger partial charge in [0.05, 0.1) is 10.5 Å². The van der Waals surface area contributed by atoms with Gasteiger partial charge in [-0.1, -0.05) is 24.3 Å². The van der Waals surface area contributed by atoms with Crippen molar-refractivity contribution in [2.45, 2.75) is 6.10 Å². The smallest absolute Gasteiger partial charge is 0.275 e. The Morgan fingerprint density at radius 2 is 1.86 bits per heavy atom. The van der Waals surface area contributed by atoms with Gasteiger partial charge in [-0.05, 0) is 23.8 Å². The lowest BCUT2D eigenvalue weighted by Gasteiger charge is -2.12. The van der Waals surface area contributed by atoms with Crippen LogP contribution in [0.15, 0.2) is 48.5 Å². The summed E-state index contributed by atoms with van der Waals surface area (Å²) in [6.45, 7) is 0.131. The van der Waals surface area contributed by atoms with E-state index in [1.54, 1.807) is 36.4 Å². The van der Waals surface area contributed by atoms with Gasteiger partial charge in [-0.25, -0.2) is 0 Å². The molecule has 2 aromatic rings. The molecule has 0 heterocycles. The van der Waals surface area contributed by atoms with Crippen LogP contribution in [0, 0.1) is 10.1 Å². The molecule has 0 unspecified atom stereocenters. The Labute approximate surface area is 121 Å². The fourth-order valence-electron chi connectivity index (χ4n) is 1.94. The normalized spacial score (nSPS) is 11.9. The fourth-order valence-corrected chi connectivity index (χ4v) is 1.94. The number of nitro groups is 1. The van der Waals surface area contributed by atoms with Crippen LogP contribution in [0.1, 0.15) is 17.2 Å². The van der Waals surface area contributed by atoms with Crippen LogP contribution in [0.5, 0.6) is 5.75 Å². The monoisotopic (exact) mass is 289 g/mol. The quantitative estimate of drug-likeness (QED) is 0.502. The fraction of sp³-hybridized carbons (Fsp3) is 0.200. The van der Waals surface area contributed by atoms with Gasteiger partial charge in [0.25, 0.3) is 5.69 Å². The lowest BCUT2D eigenvalue weighted by molar-refractivity contribution is -0.386. The number of benzene rings is 2. The average molecular weight is 289 g/mol. The third-order valence-electron chi connectivity index (χ3n) is 2.97. The number of aliphatic hydroxyl groups excluding tert-OH is 1. The maximum Gasteiger partial charge on any atom is 0.275 e. The molecular weight excluding hydrogens is 274 g/mol. The molecule has 0 radical (unpaired) electrons. The Morgan fingerprint density at radius 1 is 1.19 bits per heavy atom. The van der Waals surface area contributed by atoms with E-state index in [2.05, 4.69) is 0 Å². The molecule has 0 saturated carbocycles. The number of aliphatic hydroxyl groups is 1. The molecule has 6 nitrogen and oxygen atoms in total. The standard InChI is InChI=1S/C15H15NO5/c1-20-10-21-12-8-6-11(7-9-12)15(17)13-4-2-3-5-14(13)16(18)19/h2-9,15,17H,10H2,1H3/t15-/m1/s1. The summed E-state index contributed by atoms with van der Waals surface area (Å²) in [6.07, 6.45) is -1.07. The Balaban J connectivity index is 2.24. The highest BCUT2D eigenvalue weighted by atomic mass is 16.7. The number of para-hydroxylation sites is 1. The van der Waals surface area contributed by atoms with Crippen LogP contribution in [0.3, 0.4) is 0 Å². The van der Waals surface area contributed by atoms with E-state index in [1.165, 1.54) is 19.2 Å². The van der Waals surface area contributed by atoms with Crippen molar-refractivity contribution in [2.75, 3.05) is 13.9 Å². The van der Waals surface area contributed by atoms with Crippen LogP contribution in [-0.2, 0) is 4.74 Å². The van der Waals surface area contributed by atoms with Gasteiger partial charge < -0.3 is 14.6 Å². The summed E-state index contributed by atoms with van der Waals surface area (Å²) < 4.78 is 10.0. The molecule has 0 amide bonds. The minimum atomic E-state index is -1.07. The van der Waals surface area contributed by atoms with Crippen molar-refractivity contribution in [3.63, 3.8) is 0 Å². The zero-order valence-electron chi connectivity index (χ0n) is 11.4. The maximum absolute atomic E-state index is 11.0. The van der Waals surface area contributed by atoms with Crippen molar-refractivity contribution in [3.8, 4) is 5.75 Å². The molecule has 0 bridgehead atoms. The number of ether oxygens (including phenoxy) is 2. The van der Waals surface area contributed by atoms with Crippen LogP contribution in [0.2, 0.25) is 0 Å². The van der Waals surface area contributed by atoms with Crippen molar-refractivity contribution in [3.05, 3.63) is 69.8 Å². The SMILES string of the molecule is COCOc1ccc([C@@H](O)c2ccccc2[N+](=O)[O-])cc1. The van der Waals surface area contributed by atoms with E-state index in [9.17, 15) is 15.2 Å². The van der Waals surface area contributed by atoms with Crippen LogP contribution < -0.4 is 4.74 Å². The Bertz CT molecular complexity index is 612. The highest BCUT2D eigenvalue weighted by Gasteiger charge is 2.20. The number of methoxy groups -OCH3 is 1. The van der Waals surface area contributed by atoms with Gasteiger partial charge in [0.15, 0.2) is 6.79 Å². The Kier molecular flexibility index (Phi) is 4.86. The largest absolute Gasteiger partial charge is 0.468 e. The summed E-state index contributed by atoms with van der Waals surface area (Å²) in [6, 6.07) is 12.8. The van der Waals surface area contributed by atoms with E-state index >= 15 is 0 Å². The van der Waals surface area contributed by atoms with Crippen LogP contribution in [0.4, 0.5) is 5.69 Å². The van der Waals surface area contributed by atoms with Crippen LogP contribution in [0.25, 0.3) is 0 Å². The molecule has 6 heteroatoms. The lowest BCUT2D eigenvalue weighted by atomic mass is 10.00. The summed E-state index contributed by atoms with van der Waals surface area (Å²) in [5, 5.41) is 21.3. The van der Waals surface area contributed by atoms with Gasteiger partial charge >= 0.3 is 0 Å². The molecular formula is C15H15NO5. The zero-order valence-corrected chi connectivity index (χ0v) is 11.4. The van der Waals surface area contributed by atoms with Crippen molar-refractivity contribution < 1.29 is 19.5 Å². The van der Waals surface area contributed by atoms with Gasteiger partial charge in [-0.15, -0.1) is 0 Å². The molecule has 0 aliphatic carbocycles. The summed E-state index contributed by atoms with van der Waals surface area (Å²) in [5.74, 6) is 0.593. The number of nitrogens with zero attached hydrogens (tertiary/aromatic N) is 1. The van der Waals surface area contributed by atoms with Crippen molar-refractivity contribution in [1.82, 2.24) is 0 Å². The van der Waals surface area contributed by atoms with E-state index in [1.807, 2.05) is 0 Å². The van der Waals surface area contributed by atoms with E-state index < -0.39 is 11.0 Å². The zero-order chi connectivity index (χ0) is 15.2. The van der Waals surface area contributed by atoms with Gasteiger partial charge in [-0.3, -0.25) is 10.1 Å². The second-order valence-electron chi connectivity index (χ2n) is 4.34. The number of hydrogen-bond acceptors (Lipinski definition) is 5. The molecule has 0 spiro atoms. The number of nitro benzene ring substituents is 1. The van der Waals surface area contributed by atoms with E-state index in [4.69, 9.17) is 9.47 Å². The summed E-state index contributed by atoms with van der Waals surface area (Å²) in [7, 11) is 1.52. The minimum absolute atomic E-state index is 0.107. The third kappa shape index (κ3) is 3.56. The first kappa shape index (κ1) is 15.0. The van der Waals surface area contributed by atoms with Crippen LogP contribution >= 0.6 is 0 Å². The molecule has 110 valence electrons. The molecule has 2 rings (SSSR count). The lowest BCUT2D eigenvalue weighted by Crippen LogP contribution is -2.04. The molecule has 1 N–H and O–H groups in total. The van der Waals surface area contributed by atoms with Crippen molar-refractivity contribution >= 4 is 5.69 Å². The second kappa shape index (κ2) is 6.83. The highest BCUT2D eigenvalue weighted by Crippen LogP contribution is 2.30. The molecule has 0 aliphatic heterocycles. The van der Waals surface area contributed by atoms with E-state index in [0.29, 0.717) is 11.3 Å². The molecule has 0 fully saturated rings. The van der Waals surface area contributed by atoms with Crippen molar-refractivity contribution in [2.24, 2.45) is 0 Å². The second-order valence-corrected chi connectivity index (χ2v) is 4.34. The van der Waals surface area contributed by atoms with Gasteiger partial charge in [0, 0.05) is 13.2 Å². The molecule has 0 saturated heterocycles. The maximum atomic E-state index is 11.0. The predicted molar refractivity (Wildman–Crippen MR) is 76.1 cm³/mol. The van der Waals surface area contributed by atoms with Gasteiger partial charge in [0.2, 0.25) is 0 Å². The van der Waals surface area contributed by atoms with Gasteiger partial charge in [-0.2, -0.15) is 0 Å². The molecule has 21 heavy (non-hydrogen) atoms. The van der Waals surface area contributed by atoms with Crippen molar-refractivity contribution in [1.29, 1.82) is 0 Å². The first-order valence-corrected chi connectivity index (χ1v) is 6.26. The average Bonchev–Trinajstić information content (AvgIpc) is 2.52. The first-order chi connectivity index (χ1) is 10.1. The molecule has 0 aromatic heterocycles.